The molecule has 6 nitrogen and oxygen atoms in total. The number of Topliss-reactive ketones (excluding diaryl/α,β-unsaturated/α-hetero) is 2. The molecular formula is C26H36O6. The highest BCUT2D eigenvalue weighted by atomic mass is 16.5. The largest absolute Gasteiger partial charge is 0.469 e. The molecule has 0 aromatic carbocycles. The third-order valence-electron chi connectivity index (χ3n) is 8.21. The van der Waals surface area contributed by atoms with Crippen molar-refractivity contribution in [1.82, 2.24) is 0 Å². The topological polar surface area (TPSA) is 86.7 Å². The van der Waals surface area contributed by atoms with Crippen molar-refractivity contribution < 1.29 is 28.7 Å². The number of ether oxygens (including phenoxy) is 2. The lowest BCUT2D eigenvalue weighted by atomic mass is 9.27. The number of carbonyl (C=O) groups excluding carboxylic acids is 4. The van der Waals surface area contributed by atoms with Crippen LogP contribution in [0.4, 0.5) is 0 Å². The van der Waals surface area contributed by atoms with Crippen LogP contribution in [-0.2, 0) is 28.7 Å². The lowest BCUT2D eigenvalue weighted by Crippen LogP contribution is -2.78. The highest BCUT2D eigenvalue weighted by molar-refractivity contribution is 5.98. The van der Waals surface area contributed by atoms with Crippen LogP contribution >= 0.6 is 0 Å². The minimum Gasteiger partial charge on any atom is -0.469 e. The van der Waals surface area contributed by atoms with Gasteiger partial charge >= 0.3 is 11.9 Å². The van der Waals surface area contributed by atoms with Gasteiger partial charge in [0.1, 0.15) is 11.6 Å². The van der Waals surface area contributed by atoms with Gasteiger partial charge in [0.15, 0.2) is 0 Å². The van der Waals surface area contributed by atoms with E-state index >= 15 is 0 Å². The second-order valence-electron chi connectivity index (χ2n) is 10.8. The van der Waals surface area contributed by atoms with Crippen molar-refractivity contribution in [2.24, 2.45) is 46.3 Å². The molecule has 0 radical (unpaired) electrons. The zero-order valence-electron chi connectivity index (χ0n) is 20.5. The first-order chi connectivity index (χ1) is 14.8. The van der Waals surface area contributed by atoms with Gasteiger partial charge in [0, 0.05) is 35.5 Å². The maximum atomic E-state index is 13.6. The molecule has 3 rings (SSSR count). The summed E-state index contributed by atoms with van der Waals surface area (Å²) in [4.78, 5) is 53.3. The number of hydrogen-bond acceptors (Lipinski definition) is 6. The van der Waals surface area contributed by atoms with Gasteiger partial charge in [0.25, 0.3) is 0 Å². The summed E-state index contributed by atoms with van der Waals surface area (Å²) < 4.78 is 10.4. The zero-order valence-corrected chi connectivity index (χ0v) is 20.5. The molecular weight excluding hydrogens is 408 g/mol. The van der Waals surface area contributed by atoms with Crippen LogP contribution in [-0.4, -0.2) is 37.7 Å². The number of rotatable bonds is 4. The van der Waals surface area contributed by atoms with E-state index in [0.717, 1.165) is 11.1 Å². The SMILES string of the molecule is COC(=O)C1C(C=C(C)C)CC(=O)C2C1(C)C1C(=O)CC(C=C(C)C)C(C(=O)OC)C21C. The van der Waals surface area contributed by atoms with Crippen LogP contribution < -0.4 is 0 Å². The van der Waals surface area contributed by atoms with Crippen molar-refractivity contribution in [3.05, 3.63) is 23.3 Å². The summed E-state index contributed by atoms with van der Waals surface area (Å²) in [5.41, 5.74) is 0.221. The van der Waals surface area contributed by atoms with E-state index in [1.54, 1.807) is 0 Å². The molecule has 0 aromatic rings. The van der Waals surface area contributed by atoms with Crippen LogP contribution in [0.25, 0.3) is 0 Å². The molecule has 0 aliphatic heterocycles. The number of hydrogen-bond donors (Lipinski definition) is 0. The van der Waals surface area contributed by atoms with Crippen LogP contribution in [0.3, 0.4) is 0 Å². The van der Waals surface area contributed by atoms with Crippen LogP contribution in [0.1, 0.15) is 54.4 Å². The lowest BCUT2D eigenvalue weighted by Gasteiger charge is -2.73. The fraction of sp³-hybridized carbons (Fsp3) is 0.692. The highest BCUT2D eigenvalue weighted by Gasteiger charge is 2.80. The first-order valence-electron chi connectivity index (χ1n) is 11.4. The first kappa shape index (κ1) is 24.4. The van der Waals surface area contributed by atoms with Crippen molar-refractivity contribution in [2.75, 3.05) is 14.2 Å². The van der Waals surface area contributed by atoms with Gasteiger partial charge in [-0.3, -0.25) is 19.2 Å². The Morgan fingerprint density at radius 3 is 1.31 bits per heavy atom. The van der Waals surface area contributed by atoms with E-state index in [4.69, 9.17) is 9.47 Å². The van der Waals surface area contributed by atoms with Gasteiger partial charge in [-0.1, -0.05) is 37.1 Å². The lowest BCUT2D eigenvalue weighted by molar-refractivity contribution is -0.256. The standard InChI is InChI=1S/C26H36O6/c1-13(2)9-15-11-17(27)21-25(5,19(15)23(29)31-7)22-18(28)12-16(10-14(3)4)20(24(30)32-8)26(21,22)6/h9-10,15-16,19-22H,11-12H2,1-8H3. The average Bonchev–Trinajstić information content (AvgIpc) is 2.64. The molecule has 176 valence electrons. The summed E-state index contributed by atoms with van der Waals surface area (Å²) >= 11 is 0. The molecule has 32 heavy (non-hydrogen) atoms. The van der Waals surface area contributed by atoms with E-state index in [1.807, 2.05) is 53.7 Å². The molecule has 6 heteroatoms. The maximum Gasteiger partial charge on any atom is 0.309 e. The minimum absolute atomic E-state index is 0.00783. The molecule has 0 heterocycles. The van der Waals surface area contributed by atoms with Gasteiger partial charge in [0.2, 0.25) is 0 Å². The Labute approximate surface area is 190 Å². The predicted molar refractivity (Wildman–Crippen MR) is 119 cm³/mol. The van der Waals surface area contributed by atoms with Crippen LogP contribution in [0.15, 0.2) is 23.3 Å². The molecule has 0 aromatic heterocycles. The van der Waals surface area contributed by atoms with Crippen molar-refractivity contribution in [3.63, 3.8) is 0 Å². The number of esters is 2. The normalized spacial score (nSPS) is 40.2. The van der Waals surface area contributed by atoms with Crippen molar-refractivity contribution in [2.45, 2.75) is 54.4 Å². The number of fused-ring (bicyclic) bond motifs is 4. The fourth-order valence-electron chi connectivity index (χ4n) is 7.82. The van der Waals surface area contributed by atoms with E-state index in [-0.39, 0.29) is 36.2 Å². The Kier molecular flexibility index (Phi) is 6.31. The van der Waals surface area contributed by atoms with Gasteiger partial charge in [-0.05, 0) is 39.5 Å². The van der Waals surface area contributed by atoms with E-state index in [2.05, 4.69) is 0 Å². The highest BCUT2D eigenvalue weighted by Crippen LogP contribution is 2.76. The average molecular weight is 445 g/mol. The second kappa shape index (κ2) is 8.27. The molecule has 3 fully saturated rings. The predicted octanol–water partition coefficient (Wildman–Crippen LogP) is 3.93. The third kappa shape index (κ3) is 3.29. The van der Waals surface area contributed by atoms with Gasteiger partial charge in [-0.25, -0.2) is 0 Å². The Bertz CT molecular complexity index is 819. The van der Waals surface area contributed by atoms with Gasteiger partial charge < -0.3 is 9.47 Å². The maximum absolute atomic E-state index is 13.6. The van der Waals surface area contributed by atoms with Crippen molar-refractivity contribution >= 4 is 23.5 Å². The van der Waals surface area contributed by atoms with Crippen LogP contribution in [0.5, 0.6) is 0 Å². The Morgan fingerprint density at radius 2 is 1.06 bits per heavy atom. The Hall–Kier alpha value is -2.24. The van der Waals surface area contributed by atoms with Crippen molar-refractivity contribution in [1.29, 1.82) is 0 Å². The molecule has 3 saturated carbocycles. The van der Waals surface area contributed by atoms with Crippen molar-refractivity contribution in [3.8, 4) is 0 Å². The molecule has 3 aliphatic rings. The Morgan fingerprint density at radius 1 is 0.750 bits per heavy atom. The molecule has 0 spiro atoms. The summed E-state index contributed by atoms with van der Waals surface area (Å²) in [5, 5.41) is 0. The van der Waals surface area contributed by atoms with E-state index in [9.17, 15) is 19.2 Å². The number of ketones is 2. The Balaban J connectivity index is 2.21. The number of carbonyl (C=O) groups is 4. The fourth-order valence-corrected chi connectivity index (χ4v) is 7.82. The number of methoxy groups -OCH3 is 2. The smallest absolute Gasteiger partial charge is 0.309 e. The molecule has 4 unspecified atom stereocenters. The van der Waals surface area contributed by atoms with E-state index < -0.39 is 46.4 Å². The van der Waals surface area contributed by atoms with E-state index in [1.165, 1.54) is 14.2 Å². The van der Waals surface area contributed by atoms with Gasteiger partial charge in [0.05, 0.1) is 26.1 Å². The van der Waals surface area contributed by atoms with Crippen LogP contribution in [0.2, 0.25) is 0 Å². The molecule has 0 amide bonds. The van der Waals surface area contributed by atoms with Gasteiger partial charge in [-0.2, -0.15) is 0 Å². The minimum atomic E-state index is -0.896. The molecule has 0 bridgehead atoms. The second-order valence-corrected chi connectivity index (χ2v) is 10.8. The quantitative estimate of drug-likeness (QED) is 0.482. The summed E-state index contributed by atoms with van der Waals surface area (Å²) in [7, 11) is 2.69. The molecule has 0 saturated heterocycles. The molecule has 3 aliphatic carbocycles. The summed E-state index contributed by atoms with van der Waals surface area (Å²) in [6.45, 7) is 11.5. The van der Waals surface area contributed by atoms with Crippen LogP contribution in [0, 0.1) is 46.3 Å². The zero-order chi connectivity index (χ0) is 24.2. The summed E-state index contributed by atoms with van der Waals surface area (Å²) in [6, 6.07) is 0. The van der Waals surface area contributed by atoms with Gasteiger partial charge in [-0.15, -0.1) is 0 Å². The number of allylic oxidation sites excluding steroid dienone is 4. The first-order valence-corrected chi connectivity index (χ1v) is 11.4. The van der Waals surface area contributed by atoms with E-state index in [0.29, 0.717) is 0 Å². The molecule has 0 N–H and O–H groups in total. The third-order valence-corrected chi connectivity index (χ3v) is 8.21. The summed E-state index contributed by atoms with van der Waals surface area (Å²) in [5.74, 6) is -3.86. The molecule has 4 atom stereocenters. The monoisotopic (exact) mass is 444 g/mol. The summed E-state index contributed by atoms with van der Waals surface area (Å²) in [6.07, 6.45) is 4.30.